The van der Waals surface area contributed by atoms with Gasteiger partial charge < -0.3 is 24.3 Å². The van der Waals surface area contributed by atoms with Crippen molar-refractivity contribution in [3.63, 3.8) is 0 Å². The number of fused-ring (bicyclic) bond motifs is 2. The lowest BCUT2D eigenvalue weighted by molar-refractivity contribution is -0.119. The summed E-state index contributed by atoms with van der Waals surface area (Å²) in [5, 5.41) is 2.57. The van der Waals surface area contributed by atoms with Crippen molar-refractivity contribution in [3.8, 4) is 17.2 Å². The van der Waals surface area contributed by atoms with Crippen LogP contribution in [0, 0.1) is 0 Å². The predicted molar refractivity (Wildman–Crippen MR) is 125 cm³/mol. The van der Waals surface area contributed by atoms with Crippen molar-refractivity contribution in [1.29, 1.82) is 0 Å². The van der Waals surface area contributed by atoms with Crippen LogP contribution in [0.4, 0.5) is 5.69 Å². The summed E-state index contributed by atoms with van der Waals surface area (Å²) in [5.41, 5.74) is 1.45. The van der Waals surface area contributed by atoms with Crippen molar-refractivity contribution in [2.45, 2.75) is 0 Å². The summed E-state index contributed by atoms with van der Waals surface area (Å²) in [4.78, 5) is 50.6. The summed E-state index contributed by atoms with van der Waals surface area (Å²) < 4.78 is 20.8. The molecule has 0 unspecified atom stereocenters. The van der Waals surface area contributed by atoms with Crippen LogP contribution in [0.1, 0.15) is 42.2 Å². The Bertz CT molecular complexity index is 1360. The van der Waals surface area contributed by atoms with E-state index < -0.39 is 18.5 Å². The van der Waals surface area contributed by atoms with Crippen molar-refractivity contribution in [2.24, 2.45) is 0 Å². The van der Waals surface area contributed by atoms with Gasteiger partial charge in [-0.05, 0) is 30.3 Å². The SMILES string of the molecule is COc1ccc(C(=O)OCC(=O)Nc2ccc3c(c2)C(=O)c2ccccc2C3=O)c(OC)c1OC. The van der Waals surface area contributed by atoms with E-state index in [2.05, 4.69) is 5.32 Å². The van der Waals surface area contributed by atoms with Gasteiger partial charge >= 0.3 is 5.97 Å². The number of ketones is 2. The number of ether oxygens (including phenoxy) is 4. The van der Waals surface area contributed by atoms with Crippen LogP contribution in [-0.2, 0) is 9.53 Å². The van der Waals surface area contributed by atoms with Crippen LogP contribution in [0.25, 0.3) is 0 Å². The van der Waals surface area contributed by atoms with Crippen molar-refractivity contribution in [1.82, 2.24) is 0 Å². The second-order valence-electron chi connectivity index (χ2n) is 7.47. The average molecular weight is 475 g/mol. The number of rotatable bonds is 7. The number of benzene rings is 3. The van der Waals surface area contributed by atoms with Gasteiger partial charge in [-0.1, -0.05) is 24.3 Å². The Hall–Kier alpha value is -4.66. The molecule has 178 valence electrons. The third-order valence-electron chi connectivity index (χ3n) is 5.47. The first-order valence-corrected chi connectivity index (χ1v) is 10.5. The smallest absolute Gasteiger partial charge is 0.342 e. The van der Waals surface area contributed by atoms with Crippen molar-refractivity contribution >= 4 is 29.1 Å². The highest BCUT2D eigenvalue weighted by Gasteiger charge is 2.29. The monoisotopic (exact) mass is 475 g/mol. The fourth-order valence-electron chi connectivity index (χ4n) is 3.85. The van der Waals surface area contributed by atoms with Crippen molar-refractivity contribution in [3.05, 3.63) is 82.4 Å². The van der Waals surface area contributed by atoms with Gasteiger partial charge in [0.15, 0.2) is 29.7 Å². The molecule has 0 radical (unpaired) electrons. The van der Waals surface area contributed by atoms with E-state index in [9.17, 15) is 19.2 Å². The molecule has 0 atom stereocenters. The van der Waals surface area contributed by atoms with Gasteiger partial charge in [0.25, 0.3) is 5.91 Å². The van der Waals surface area contributed by atoms with Crippen LogP contribution < -0.4 is 19.5 Å². The molecule has 1 aliphatic carbocycles. The van der Waals surface area contributed by atoms with Gasteiger partial charge in [0.1, 0.15) is 5.56 Å². The maximum atomic E-state index is 12.9. The molecule has 0 fully saturated rings. The summed E-state index contributed by atoms with van der Waals surface area (Å²) >= 11 is 0. The third-order valence-corrected chi connectivity index (χ3v) is 5.47. The van der Waals surface area contributed by atoms with Gasteiger partial charge in [0.2, 0.25) is 5.75 Å². The van der Waals surface area contributed by atoms with Gasteiger partial charge in [-0.3, -0.25) is 14.4 Å². The molecule has 4 rings (SSSR count). The van der Waals surface area contributed by atoms with Crippen LogP contribution in [0.2, 0.25) is 0 Å². The lowest BCUT2D eigenvalue weighted by atomic mass is 9.84. The molecule has 9 nitrogen and oxygen atoms in total. The Labute approximate surface area is 200 Å². The number of methoxy groups -OCH3 is 3. The van der Waals surface area contributed by atoms with Crippen LogP contribution >= 0.6 is 0 Å². The van der Waals surface area contributed by atoms with E-state index in [0.29, 0.717) is 16.9 Å². The van der Waals surface area contributed by atoms with Crippen LogP contribution in [0.5, 0.6) is 17.2 Å². The number of hydrogen-bond donors (Lipinski definition) is 1. The molecule has 0 bridgehead atoms. The Morgan fingerprint density at radius 3 is 2.00 bits per heavy atom. The number of amides is 1. The molecule has 0 saturated heterocycles. The minimum Gasteiger partial charge on any atom is -0.493 e. The van der Waals surface area contributed by atoms with E-state index in [0.717, 1.165) is 0 Å². The van der Waals surface area contributed by atoms with E-state index in [1.165, 1.54) is 51.7 Å². The first-order chi connectivity index (χ1) is 16.9. The molecular weight excluding hydrogens is 454 g/mol. The van der Waals surface area contributed by atoms with Gasteiger partial charge in [0, 0.05) is 27.9 Å². The molecule has 0 heterocycles. The molecule has 0 aliphatic heterocycles. The zero-order valence-electron chi connectivity index (χ0n) is 19.2. The van der Waals surface area contributed by atoms with Gasteiger partial charge in [-0.25, -0.2) is 4.79 Å². The van der Waals surface area contributed by atoms with E-state index in [1.54, 1.807) is 24.3 Å². The lowest BCUT2D eigenvalue weighted by Gasteiger charge is -2.18. The molecule has 0 aromatic heterocycles. The Kier molecular flexibility index (Phi) is 6.50. The summed E-state index contributed by atoms with van der Waals surface area (Å²) in [6.45, 7) is -0.594. The summed E-state index contributed by atoms with van der Waals surface area (Å²) in [7, 11) is 4.21. The molecule has 1 amide bonds. The maximum Gasteiger partial charge on any atom is 0.342 e. The van der Waals surface area contributed by atoms with Gasteiger partial charge in [-0.15, -0.1) is 0 Å². The van der Waals surface area contributed by atoms with Gasteiger partial charge in [-0.2, -0.15) is 0 Å². The number of carbonyl (C=O) groups excluding carboxylic acids is 4. The maximum absolute atomic E-state index is 12.9. The molecule has 1 aliphatic rings. The third kappa shape index (κ3) is 4.31. The number of anilines is 1. The second kappa shape index (κ2) is 9.68. The lowest BCUT2D eigenvalue weighted by Crippen LogP contribution is -2.23. The second-order valence-corrected chi connectivity index (χ2v) is 7.47. The summed E-state index contributed by atoms with van der Waals surface area (Å²) in [5.74, 6) is -1.32. The molecular formula is C26H21NO8. The standard InChI is InChI=1S/C26H21NO8/c1-32-20-11-10-18(24(33-2)25(20)34-3)26(31)35-13-21(28)27-14-8-9-17-19(12-14)23(30)16-7-5-4-6-15(16)22(17)29/h4-12H,13H2,1-3H3,(H,27,28). The number of hydrogen-bond acceptors (Lipinski definition) is 8. The predicted octanol–water partition coefficient (Wildman–Crippen LogP) is 3.28. The Balaban J connectivity index is 1.46. The Morgan fingerprint density at radius 1 is 0.743 bits per heavy atom. The average Bonchev–Trinajstić information content (AvgIpc) is 2.89. The topological polar surface area (TPSA) is 117 Å². The molecule has 0 spiro atoms. The number of carbonyl (C=O) groups is 4. The van der Waals surface area contributed by atoms with Crippen molar-refractivity contribution < 1.29 is 38.1 Å². The fraction of sp³-hybridized carbons (Fsp3) is 0.154. The van der Waals surface area contributed by atoms with Crippen LogP contribution in [0.3, 0.4) is 0 Å². The number of nitrogens with one attached hydrogen (secondary N) is 1. The minimum absolute atomic E-state index is 0.0505. The van der Waals surface area contributed by atoms with E-state index >= 15 is 0 Å². The molecule has 3 aromatic rings. The normalized spacial score (nSPS) is 11.7. The zero-order chi connectivity index (χ0) is 25.1. The van der Waals surface area contributed by atoms with E-state index in [-0.39, 0.29) is 45.4 Å². The zero-order valence-corrected chi connectivity index (χ0v) is 19.2. The highest BCUT2D eigenvalue weighted by Crippen LogP contribution is 2.40. The van der Waals surface area contributed by atoms with E-state index in [4.69, 9.17) is 18.9 Å². The Morgan fingerprint density at radius 2 is 1.37 bits per heavy atom. The molecule has 3 aromatic carbocycles. The van der Waals surface area contributed by atoms with Crippen molar-refractivity contribution in [2.75, 3.05) is 33.3 Å². The fourth-order valence-corrected chi connectivity index (χ4v) is 3.85. The molecule has 35 heavy (non-hydrogen) atoms. The van der Waals surface area contributed by atoms with Crippen LogP contribution in [-0.4, -0.2) is 51.4 Å². The van der Waals surface area contributed by atoms with Crippen LogP contribution in [0.15, 0.2) is 54.6 Å². The highest BCUT2D eigenvalue weighted by atomic mass is 16.5. The summed E-state index contributed by atoms with van der Waals surface area (Å²) in [6, 6.07) is 14.0. The highest BCUT2D eigenvalue weighted by molar-refractivity contribution is 6.28. The first kappa shape index (κ1) is 23.5. The molecule has 1 N–H and O–H groups in total. The molecule has 0 saturated carbocycles. The minimum atomic E-state index is -0.805. The first-order valence-electron chi connectivity index (χ1n) is 10.5. The van der Waals surface area contributed by atoms with E-state index in [1.807, 2.05) is 0 Å². The molecule has 9 heteroatoms. The summed E-state index contributed by atoms with van der Waals surface area (Å²) in [6.07, 6.45) is 0. The quantitative estimate of drug-likeness (QED) is 0.405. The van der Waals surface area contributed by atoms with Gasteiger partial charge in [0.05, 0.1) is 21.3 Å². The number of esters is 1. The largest absolute Gasteiger partial charge is 0.493 e.